The van der Waals surface area contributed by atoms with Crippen LogP contribution >= 0.6 is 0 Å². The van der Waals surface area contributed by atoms with E-state index in [1.54, 1.807) is 30.5 Å². The summed E-state index contributed by atoms with van der Waals surface area (Å²) in [6, 6.07) is 0. The van der Waals surface area contributed by atoms with Crippen molar-refractivity contribution >= 4 is 11.7 Å². The van der Waals surface area contributed by atoms with E-state index in [2.05, 4.69) is 15.1 Å². The maximum Gasteiger partial charge on any atom is 0.290 e. The molecule has 0 saturated heterocycles. The molecule has 1 amide bonds. The molecule has 9 heteroatoms. The van der Waals surface area contributed by atoms with Crippen molar-refractivity contribution in [2.45, 2.75) is 46.6 Å². The average molecular weight is 405 g/mol. The van der Waals surface area contributed by atoms with Crippen LogP contribution in [0.1, 0.15) is 44.1 Å². The van der Waals surface area contributed by atoms with Crippen LogP contribution in [0, 0.1) is 0 Å². The molecule has 0 bridgehead atoms. The molecule has 0 saturated carbocycles. The van der Waals surface area contributed by atoms with Gasteiger partial charge >= 0.3 is 0 Å². The number of aromatic nitrogens is 4. The Morgan fingerprint density at radius 2 is 2.14 bits per heavy atom. The van der Waals surface area contributed by atoms with Crippen LogP contribution < -0.4 is 0 Å². The van der Waals surface area contributed by atoms with Crippen LogP contribution in [-0.4, -0.2) is 43.5 Å². The molecule has 0 spiro atoms. The normalized spacial score (nSPS) is 15.8. The minimum atomic E-state index is -2.81. The van der Waals surface area contributed by atoms with Gasteiger partial charge in [-0.15, -0.1) is 0 Å². The topological polar surface area (TPSA) is 76.0 Å². The highest BCUT2D eigenvalue weighted by Crippen LogP contribution is 2.29. The Bertz CT molecular complexity index is 958. The molecular weight excluding hydrogens is 380 g/mol. The van der Waals surface area contributed by atoms with E-state index >= 15 is 0 Å². The molecule has 2 aromatic rings. The number of halogens is 2. The molecule has 2 aromatic heterocycles. The summed E-state index contributed by atoms with van der Waals surface area (Å²) in [5, 5.41) is 4.13. The molecule has 0 aromatic carbocycles. The largest absolute Gasteiger partial charge is 0.451 e. The van der Waals surface area contributed by atoms with Crippen molar-refractivity contribution in [3.05, 3.63) is 52.6 Å². The lowest BCUT2D eigenvalue weighted by molar-refractivity contribution is -0.131. The Morgan fingerprint density at radius 3 is 2.76 bits per heavy atom. The predicted octanol–water partition coefficient (Wildman–Crippen LogP) is 3.42. The van der Waals surface area contributed by atoms with Gasteiger partial charge in [-0.1, -0.05) is 6.92 Å². The second-order valence-electron chi connectivity index (χ2n) is 7.09. The summed E-state index contributed by atoms with van der Waals surface area (Å²) in [6.45, 7) is 5.67. The van der Waals surface area contributed by atoms with E-state index in [0.717, 1.165) is 17.0 Å². The van der Waals surface area contributed by atoms with Crippen LogP contribution in [0.25, 0.3) is 5.76 Å². The van der Waals surface area contributed by atoms with Gasteiger partial charge in [-0.25, -0.2) is 13.8 Å². The van der Waals surface area contributed by atoms with Gasteiger partial charge in [0, 0.05) is 31.8 Å². The van der Waals surface area contributed by atoms with Crippen LogP contribution in [0.4, 0.5) is 8.78 Å². The van der Waals surface area contributed by atoms with Crippen LogP contribution in [0.15, 0.2) is 35.6 Å². The quantitative estimate of drug-likeness (QED) is 0.590. The average Bonchev–Trinajstić information content (AvgIpc) is 3.35. The van der Waals surface area contributed by atoms with Crippen LogP contribution in [0.3, 0.4) is 0 Å². The predicted molar refractivity (Wildman–Crippen MR) is 104 cm³/mol. The van der Waals surface area contributed by atoms with Crippen molar-refractivity contribution in [1.29, 1.82) is 0 Å². The number of rotatable bonds is 6. The van der Waals surface area contributed by atoms with Crippen molar-refractivity contribution in [2.75, 3.05) is 6.54 Å². The monoisotopic (exact) mass is 405 g/mol. The zero-order chi connectivity index (χ0) is 21.1. The van der Waals surface area contributed by atoms with E-state index in [1.165, 1.54) is 11.8 Å². The molecular formula is C20H25F2N5O2. The van der Waals surface area contributed by atoms with E-state index in [9.17, 15) is 13.6 Å². The molecule has 7 nitrogen and oxygen atoms in total. The fourth-order valence-electron chi connectivity index (χ4n) is 3.11. The van der Waals surface area contributed by atoms with Gasteiger partial charge < -0.3 is 14.6 Å². The lowest BCUT2D eigenvalue weighted by Crippen LogP contribution is -2.38. The van der Waals surface area contributed by atoms with Crippen molar-refractivity contribution in [3.63, 3.8) is 0 Å². The Kier molecular flexibility index (Phi) is 6.14. The maximum absolute atomic E-state index is 13.6. The van der Waals surface area contributed by atoms with Crippen molar-refractivity contribution in [3.8, 4) is 0 Å². The molecule has 3 rings (SSSR count). The van der Waals surface area contributed by atoms with Crippen LogP contribution in [-0.2, 0) is 29.5 Å². The number of carbonyl (C=O) groups is 1. The number of aromatic amines is 1. The number of ether oxygens (including phenoxy) is 1. The Balaban J connectivity index is 1.95. The fraction of sp³-hybridized carbons (Fsp3) is 0.450. The third-order valence-corrected chi connectivity index (χ3v) is 5.03. The van der Waals surface area contributed by atoms with Crippen molar-refractivity contribution < 1.29 is 18.3 Å². The molecule has 156 valence electrons. The van der Waals surface area contributed by atoms with Gasteiger partial charge in [0.2, 0.25) is 0 Å². The van der Waals surface area contributed by atoms with Gasteiger partial charge in [-0.2, -0.15) is 5.10 Å². The molecule has 1 aliphatic heterocycles. The number of allylic oxidation sites excluding steroid dienone is 2. The number of nitrogens with one attached hydrogen (secondary N) is 1. The van der Waals surface area contributed by atoms with Gasteiger partial charge in [0.15, 0.2) is 5.76 Å². The third-order valence-electron chi connectivity index (χ3n) is 5.03. The summed E-state index contributed by atoms with van der Waals surface area (Å²) < 4.78 is 34.7. The first kappa shape index (κ1) is 20.8. The molecule has 29 heavy (non-hydrogen) atoms. The zero-order valence-corrected chi connectivity index (χ0v) is 17.0. The summed E-state index contributed by atoms with van der Waals surface area (Å²) in [7, 11) is 1.75. The van der Waals surface area contributed by atoms with Gasteiger partial charge in [0.1, 0.15) is 5.76 Å². The summed E-state index contributed by atoms with van der Waals surface area (Å²) in [5.74, 6) is -0.522. The smallest absolute Gasteiger partial charge is 0.290 e. The van der Waals surface area contributed by atoms with Gasteiger partial charge in [-0.3, -0.25) is 9.48 Å². The Hall–Kier alpha value is -2.97. The number of nitrogens with zero attached hydrogens (tertiary/aromatic N) is 4. The first-order valence-corrected chi connectivity index (χ1v) is 9.47. The number of hydrogen-bond acceptors (Lipinski definition) is 4. The van der Waals surface area contributed by atoms with Gasteiger partial charge in [-0.05, 0) is 25.8 Å². The summed E-state index contributed by atoms with van der Waals surface area (Å²) in [6.07, 6.45) is 3.28. The van der Waals surface area contributed by atoms with Gasteiger partial charge in [0.25, 0.3) is 12.3 Å². The number of hydrogen-bond donors (Lipinski definition) is 1. The summed E-state index contributed by atoms with van der Waals surface area (Å²) in [5.41, 5.74) is 2.78. The van der Waals surface area contributed by atoms with Gasteiger partial charge in [0.05, 0.1) is 36.0 Å². The van der Waals surface area contributed by atoms with Crippen LogP contribution in [0.2, 0.25) is 0 Å². The molecule has 0 atom stereocenters. The van der Waals surface area contributed by atoms with Crippen molar-refractivity contribution in [2.24, 2.45) is 7.05 Å². The lowest BCUT2D eigenvalue weighted by Gasteiger charge is -2.28. The van der Waals surface area contributed by atoms with Crippen LogP contribution in [0.5, 0.6) is 0 Å². The molecule has 0 aliphatic carbocycles. The minimum absolute atomic E-state index is 0.274. The van der Waals surface area contributed by atoms with E-state index in [-0.39, 0.29) is 12.3 Å². The maximum atomic E-state index is 13.6. The summed E-state index contributed by atoms with van der Waals surface area (Å²) >= 11 is 0. The highest BCUT2D eigenvalue weighted by atomic mass is 19.3. The second-order valence-corrected chi connectivity index (χ2v) is 7.09. The first-order valence-electron chi connectivity index (χ1n) is 9.47. The highest BCUT2D eigenvalue weighted by molar-refractivity contribution is 5.93. The summed E-state index contributed by atoms with van der Waals surface area (Å²) in [4.78, 5) is 21.9. The lowest BCUT2D eigenvalue weighted by atomic mass is 10.1. The number of alkyl halides is 2. The van der Waals surface area contributed by atoms with E-state index in [0.29, 0.717) is 30.7 Å². The SMILES string of the molecule is CC/C(C)=C(\O/C(C(=O)N1CCc2nc[nH]c2C1)=C(\C)C(F)F)c1cnn(C)c1. The number of aryl methyl sites for hydroxylation is 1. The number of fused-ring (bicyclic) bond motifs is 1. The standard InChI is InChI=1S/C20H25F2N5O2/c1-5-12(2)17(14-8-25-26(4)9-14)29-18(13(3)19(21)22)20(28)27-7-6-15-16(10-27)24-11-23-15/h8-9,11,19H,5-7,10H2,1-4H3,(H,23,24)/b17-12-,18-13+. The second kappa shape index (κ2) is 8.59. The van der Waals surface area contributed by atoms with E-state index in [1.807, 2.05) is 13.8 Å². The molecule has 0 unspecified atom stereocenters. The molecule has 0 radical (unpaired) electrons. The fourth-order valence-corrected chi connectivity index (χ4v) is 3.11. The van der Waals surface area contributed by atoms with Crippen molar-refractivity contribution in [1.82, 2.24) is 24.6 Å². The molecule has 0 fully saturated rings. The number of imidazole rings is 1. The zero-order valence-electron chi connectivity index (χ0n) is 17.0. The van der Waals surface area contributed by atoms with E-state index in [4.69, 9.17) is 4.74 Å². The molecule has 3 heterocycles. The minimum Gasteiger partial charge on any atom is -0.451 e. The molecule has 1 aliphatic rings. The number of amides is 1. The molecule has 1 N–H and O–H groups in total. The highest BCUT2D eigenvalue weighted by Gasteiger charge is 2.30. The third kappa shape index (κ3) is 4.38. The number of H-pyrrole nitrogens is 1. The Labute approximate surface area is 168 Å². The van der Waals surface area contributed by atoms with E-state index < -0.39 is 17.9 Å². The Morgan fingerprint density at radius 1 is 1.38 bits per heavy atom. The number of carbonyl (C=O) groups excluding carboxylic acids is 1. The first-order chi connectivity index (χ1) is 13.8.